The van der Waals surface area contributed by atoms with E-state index < -0.39 is 6.04 Å². The molecule has 0 aliphatic rings. The predicted octanol–water partition coefficient (Wildman–Crippen LogP) is 5.09. The minimum Gasteiger partial charge on any atom is -0.497 e. The van der Waals surface area contributed by atoms with Gasteiger partial charge in [-0.1, -0.05) is 58.9 Å². The fraction of sp³-hybridized carbons (Fsp3) is 0.500. The second-order valence-electron chi connectivity index (χ2n) is 9.68. The fourth-order valence-corrected chi connectivity index (χ4v) is 3.61. The zero-order valence-corrected chi connectivity index (χ0v) is 21.7. The second-order valence-corrected chi connectivity index (χ2v) is 9.68. The van der Waals surface area contributed by atoms with E-state index in [0.717, 1.165) is 12.0 Å². The zero-order valence-electron chi connectivity index (χ0n) is 21.7. The normalized spacial score (nSPS) is 13.0. The van der Waals surface area contributed by atoms with E-state index in [1.807, 2.05) is 69.3 Å². The number of hydrogen-bond donors (Lipinski definition) is 1. The average Bonchev–Trinajstić information content (AvgIpc) is 2.82. The summed E-state index contributed by atoms with van der Waals surface area (Å²) in [6.45, 7) is 12.5. The van der Waals surface area contributed by atoms with Crippen LogP contribution in [0.5, 0.6) is 11.5 Å². The highest BCUT2D eigenvalue weighted by Gasteiger charge is 2.29. The molecular weight excluding hydrogens is 428 g/mol. The quantitative estimate of drug-likeness (QED) is 0.499. The molecule has 34 heavy (non-hydrogen) atoms. The Morgan fingerprint density at radius 1 is 1.00 bits per heavy atom. The number of nitrogens with zero attached hydrogens (tertiary/aromatic N) is 1. The molecule has 2 amide bonds. The van der Waals surface area contributed by atoms with Crippen LogP contribution in [0.1, 0.15) is 65.5 Å². The molecule has 0 unspecified atom stereocenters. The van der Waals surface area contributed by atoms with Crippen LogP contribution in [0.15, 0.2) is 48.5 Å². The van der Waals surface area contributed by atoms with Crippen molar-refractivity contribution in [1.82, 2.24) is 10.2 Å². The molecule has 0 aromatic heterocycles. The third kappa shape index (κ3) is 7.79. The van der Waals surface area contributed by atoms with Crippen molar-refractivity contribution in [2.24, 2.45) is 0 Å². The van der Waals surface area contributed by atoms with Crippen molar-refractivity contribution in [2.45, 2.75) is 78.4 Å². The molecule has 0 fully saturated rings. The SMILES string of the molecule is CC[C@@H](C)NC(=O)[C@H](CC)N(Cc1cccc(OC)c1)C(=O)COc1ccc(C(C)(C)C)cc1. The van der Waals surface area contributed by atoms with E-state index in [0.29, 0.717) is 17.9 Å². The van der Waals surface area contributed by atoms with Crippen molar-refractivity contribution in [3.8, 4) is 11.5 Å². The van der Waals surface area contributed by atoms with E-state index in [9.17, 15) is 9.59 Å². The maximum Gasteiger partial charge on any atom is 0.261 e. The molecule has 2 atom stereocenters. The topological polar surface area (TPSA) is 67.9 Å². The Bertz CT molecular complexity index is 934. The zero-order chi connectivity index (χ0) is 25.3. The summed E-state index contributed by atoms with van der Waals surface area (Å²) >= 11 is 0. The smallest absolute Gasteiger partial charge is 0.261 e. The lowest BCUT2D eigenvalue weighted by molar-refractivity contribution is -0.143. The highest BCUT2D eigenvalue weighted by molar-refractivity contribution is 5.88. The number of benzene rings is 2. The van der Waals surface area contributed by atoms with Gasteiger partial charge in [-0.25, -0.2) is 0 Å². The number of ether oxygens (including phenoxy) is 2. The van der Waals surface area contributed by atoms with Crippen LogP contribution >= 0.6 is 0 Å². The first kappa shape index (κ1) is 27.2. The molecule has 2 aromatic rings. The first-order chi connectivity index (χ1) is 16.1. The van der Waals surface area contributed by atoms with E-state index >= 15 is 0 Å². The molecule has 6 heteroatoms. The van der Waals surface area contributed by atoms with Gasteiger partial charge in [-0.15, -0.1) is 0 Å². The standard InChI is InChI=1S/C28H40N2O4/c1-8-20(3)29-27(32)25(9-2)30(18-21-11-10-12-24(17-21)33-7)26(31)19-34-23-15-13-22(14-16-23)28(4,5)6/h10-17,20,25H,8-9,18-19H2,1-7H3,(H,29,32)/t20-,25+/m1/s1. The van der Waals surface area contributed by atoms with E-state index in [1.165, 1.54) is 5.56 Å². The minimum absolute atomic E-state index is 0.0351. The number of rotatable bonds is 11. The molecule has 0 spiro atoms. The Hall–Kier alpha value is -3.02. The number of methoxy groups -OCH3 is 1. The van der Waals surface area contributed by atoms with Crippen molar-refractivity contribution in [1.29, 1.82) is 0 Å². The van der Waals surface area contributed by atoms with Crippen molar-refractivity contribution < 1.29 is 19.1 Å². The number of carbonyl (C=O) groups is 2. The van der Waals surface area contributed by atoms with Crippen molar-refractivity contribution in [3.05, 3.63) is 59.7 Å². The molecule has 0 aliphatic carbocycles. The van der Waals surface area contributed by atoms with Gasteiger partial charge < -0.3 is 19.7 Å². The van der Waals surface area contributed by atoms with Crippen molar-refractivity contribution >= 4 is 11.8 Å². The van der Waals surface area contributed by atoms with Gasteiger partial charge in [0.25, 0.3) is 5.91 Å². The Balaban J connectivity index is 2.22. The van der Waals surface area contributed by atoms with Gasteiger partial charge in [-0.3, -0.25) is 9.59 Å². The number of amides is 2. The summed E-state index contributed by atoms with van der Waals surface area (Å²) < 4.78 is 11.2. The third-order valence-corrected chi connectivity index (χ3v) is 5.96. The van der Waals surface area contributed by atoms with E-state index in [4.69, 9.17) is 9.47 Å². The first-order valence-electron chi connectivity index (χ1n) is 12.0. The van der Waals surface area contributed by atoms with Crippen LogP contribution < -0.4 is 14.8 Å². The summed E-state index contributed by atoms with van der Waals surface area (Å²) in [6, 6.07) is 14.8. The average molecular weight is 469 g/mol. The summed E-state index contributed by atoms with van der Waals surface area (Å²) in [4.78, 5) is 28.0. The Morgan fingerprint density at radius 2 is 1.68 bits per heavy atom. The summed E-state index contributed by atoms with van der Waals surface area (Å²) in [5, 5.41) is 3.02. The number of nitrogens with one attached hydrogen (secondary N) is 1. The van der Waals surface area contributed by atoms with Gasteiger partial charge in [0.15, 0.2) is 6.61 Å². The molecule has 2 aromatic carbocycles. The molecule has 0 saturated heterocycles. The first-order valence-corrected chi connectivity index (χ1v) is 12.0. The molecule has 2 rings (SSSR count). The van der Waals surface area contributed by atoms with Crippen LogP contribution in [0.3, 0.4) is 0 Å². The lowest BCUT2D eigenvalue weighted by Gasteiger charge is -2.31. The fourth-order valence-electron chi connectivity index (χ4n) is 3.61. The molecule has 1 N–H and O–H groups in total. The van der Waals surface area contributed by atoms with Gasteiger partial charge >= 0.3 is 0 Å². The number of hydrogen-bond acceptors (Lipinski definition) is 4. The van der Waals surface area contributed by atoms with Crippen LogP contribution in [0.4, 0.5) is 0 Å². The molecule has 0 heterocycles. The van der Waals surface area contributed by atoms with Crippen LogP contribution in [0.25, 0.3) is 0 Å². The Labute approximate surface area is 204 Å². The molecule has 0 aliphatic heterocycles. The van der Waals surface area contributed by atoms with Gasteiger partial charge in [0.05, 0.1) is 7.11 Å². The summed E-state index contributed by atoms with van der Waals surface area (Å²) in [7, 11) is 1.61. The molecule has 0 bridgehead atoms. The molecule has 6 nitrogen and oxygen atoms in total. The third-order valence-electron chi connectivity index (χ3n) is 5.96. The van der Waals surface area contributed by atoms with Crippen LogP contribution in [-0.4, -0.2) is 42.5 Å². The maximum absolute atomic E-state index is 13.4. The van der Waals surface area contributed by atoms with E-state index in [-0.39, 0.29) is 36.4 Å². The summed E-state index contributed by atoms with van der Waals surface area (Å²) in [5.41, 5.74) is 2.12. The maximum atomic E-state index is 13.4. The predicted molar refractivity (Wildman–Crippen MR) is 136 cm³/mol. The summed E-state index contributed by atoms with van der Waals surface area (Å²) in [5.74, 6) is 0.938. The molecular formula is C28H40N2O4. The highest BCUT2D eigenvalue weighted by Crippen LogP contribution is 2.24. The van der Waals surface area contributed by atoms with Crippen molar-refractivity contribution in [2.75, 3.05) is 13.7 Å². The van der Waals surface area contributed by atoms with Crippen LogP contribution in [0, 0.1) is 0 Å². The molecule has 0 saturated carbocycles. The van der Waals surface area contributed by atoms with Crippen molar-refractivity contribution in [3.63, 3.8) is 0 Å². The lowest BCUT2D eigenvalue weighted by Crippen LogP contribution is -2.51. The Morgan fingerprint density at radius 3 is 2.24 bits per heavy atom. The van der Waals surface area contributed by atoms with Gasteiger partial charge in [0, 0.05) is 12.6 Å². The molecule has 0 radical (unpaired) electrons. The molecule has 186 valence electrons. The minimum atomic E-state index is -0.598. The monoisotopic (exact) mass is 468 g/mol. The Kier molecular flexibility index (Phi) is 9.97. The largest absolute Gasteiger partial charge is 0.497 e. The number of carbonyl (C=O) groups excluding carboxylic acids is 2. The van der Waals surface area contributed by atoms with Gasteiger partial charge in [0.1, 0.15) is 17.5 Å². The van der Waals surface area contributed by atoms with Gasteiger partial charge in [-0.05, 0) is 60.6 Å². The highest BCUT2D eigenvalue weighted by atomic mass is 16.5. The van der Waals surface area contributed by atoms with Crippen LogP contribution in [-0.2, 0) is 21.5 Å². The van der Waals surface area contributed by atoms with E-state index in [2.05, 4.69) is 26.1 Å². The van der Waals surface area contributed by atoms with Crippen LogP contribution in [0.2, 0.25) is 0 Å². The summed E-state index contributed by atoms with van der Waals surface area (Å²) in [6.07, 6.45) is 1.32. The second kappa shape index (κ2) is 12.4. The van der Waals surface area contributed by atoms with Gasteiger partial charge in [0.2, 0.25) is 5.91 Å². The van der Waals surface area contributed by atoms with Gasteiger partial charge in [-0.2, -0.15) is 0 Å². The van der Waals surface area contributed by atoms with E-state index in [1.54, 1.807) is 12.0 Å². The lowest BCUT2D eigenvalue weighted by atomic mass is 9.87.